The van der Waals surface area contributed by atoms with Crippen LogP contribution in [0.2, 0.25) is 0 Å². The first kappa shape index (κ1) is 22.7. The number of hydrogen-bond acceptors (Lipinski definition) is 5. The highest BCUT2D eigenvalue weighted by molar-refractivity contribution is 14.0. The maximum absolute atomic E-state index is 12.6. The average Bonchev–Trinajstić information content (AvgIpc) is 3.35. The van der Waals surface area contributed by atoms with E-state index < -0.39 is 0 Å². The van der Waals surface area contributed by atoms with Crippen molar-refractivity contribution in [2.45, 2.75) is 13.5 Å². The van der Waals surface area contributed by atoms with Gasteiger partial charge < -0.3 is 24.9 Å². The van der Waals surface area contributed by atoms with E-state index in [0.717, 1.165) is 5.69 Å². The fourth-order valence-electron chi connectivity index (χ4n) is 2.90. The molecule has 0 spiro atoms. The maximum Gasteiger partial charge on any atom is 0.246 e. The van der Waals surface area contributed by atoms with Crippen molar-refractivity contribution in [1.82, 2.24) is 25.3 Å². The summed E-state index contributed by atoms with van der Waals surface area (Å²) in [6.07, 6.45) is 5.05. The molecule has 0 aliphatic carbocycles. The number of carbonyl (C=O) groups excluding carboxylic acids is 2. The van der Waals surface area contributed by atoms with Crippen LogP contribution in [0.5, 0.6) is 0 Å². The highest BCUT2D eigenvalue weighted by Gasteiger charge is 2.27. The molecule has 0 unspecified atom stereocenters. The highest BCUT2D eigenvalue weighted by Crippen LogP contribution is 2.16. The molecule has 0 atom stereocenters. The molecule has 2 aromatic heterocycles. The summed E-state index contributed by atoms with van der Waals surface area (Å²) >= 11 is 0. The lowest BCUT2D eigenvalue weighted by Gasteiger charge is -2.35. The molecule has 2 amide bonds. The summed E-state index contributed by atoms with van der Waals surface area (Å²) in [6, 6.07) is 3.56. The minimum Gasteiger partial charge on any atom is -0.467 e. The van der Waals surface area contributed by atoms with Crippen LogP contribution in [0.4, 0.5) is 5.69 Å². The minimum absolute atomic E-state index is 0. The van der Waals surface area contributed by atoms with Gasteiger partial charge in [0.2, 0.25) is 11.8 Å². The van der Waals surface area contributed by atoms with Crippen LogP contribution in [0.1, 0.15) is 12.7 Å². The van der Waals surface area contributed by atoms with Crippen LogP contribution >= 0.6 is 24.0 Å². The molecule has 10 nitrogen and oxygen atoms in total. The third-order valence-electron chi connectivity index (χ3n) is 4.27. The predicted molar refractivity (Wildman–Crippen MR) is 119 cm³/mol. The summed E-state index contributed by atoms with van der Waals surface area (Å²) in [5, 5.41) is 10.0. The van der Waals surface area contributed by atoms with E-state index in [0.29, 0.717) is 37.9 Å². The number of carbonyl (C=O) groups is 2. The normalized spacial score (nSPS) is 14.6. The Balaban J connectivity index is 0.00000300. The molecule has 2 aromatic rings. The number of aromatic nitrogens is 2. The van der Waals surface area contributed by atoms with E-state index in [1.165, 1.54) is 0 Å². The van der Waals surface area contributed by atoms with Crippen molar-refractivity contribution < 1.29 is 14.0 Å². The Morgan fingerprint density at radius 3 is 2.79 bits per heavy atom. The molecule has 0 aromatic carbocycles. The van der Waals surface area contributed by atoms with Gasteiger partial charge in [0.15, 0.2) is 5.96 Å². The molecule has 0 saturated carbocycles. The van der Waals surface area contributed by atoms with Crippen molar-refractivity contribution in [3.8, 4) is 0 Å². The van der Waals surface area contributed by atoms with Gasteiger partial charge in [0, 0.05) is 32.9 Å². The summed E-state index contributed by atoms with van der Waals surface area (Å²) in [4.78, 5) is 32.6. The predicted octanol–water partition coefficient (Wildman–Crippen LogP) is 0.562. The monoisotopic (exact) mass is 515 g/mol. The van der Waals surface area contributed by atoms with Crippen LogP contribution in [-0.2, 0) is 23.2 Å². The first-order valence-corrected chi connectivity index (χ1v) is 9.18. The van der Waals surface area contributed by atoms with Crippen LogP contribution in [0, 0.1) is 0 Å². The second-order valence-corrected chi connectivity index (χ2v) is 6.37. The third-order valence-corrected chi connectivity index (χ3v) is 4.27. The molecule has 2 N–H and O–H groups in total. The van der Waals surface area contributed by atoms with Gasteiger partial charge in [0.25, 0.3) is 0 Å². The first-order valence-electron chi connectivity index (χ1n) is 9.18. The number of hydrogen-bond donors (Lipinski definition) is 2. The number of nitrogens with zero attached hydrogens (tertiary/aromatic N) is 5. The van der Waals surface area contributed by atoms with Gasteiger partial charge in [-0.25, -0.2) is 4.99 Å². The van der Waals surface area contributed by atoms with Crippen molar-refractivity contribution in [3.05, 3.63) is 36.5 Å². The molecular formula is C18H26IN7O3. The van der Waals surface area contributed by atoms with Gasteiger partial charge in [-0.2, -0.15) is 5.10 Å². The molecule has 0 radical (unpaired) electrons. The Kier molecular flexibility index (Phi) is 8.49. The fraction of sp³-hybridized carbons (Fsp3) is 0.444. The molecule has 11 heteroatoms. The van der Waals surface area contributed by atoms with E-state index >= 15 is 0 Å². The van der Waals surface area contributed by atoms with E-state index in [-0.39, 0.29) is 48.9 Å². The summed E-state index contributed by atoms with van der Waals surface area (Å²) in [5.74, 6) is 0.982. The van der Waals surface area contributed by atoms with E-state index in [1.807, 2.05) is 25.1 Å². The zero-order valence-corrected chi connectivity index (χ0v) is 18.8. The lowest BCUT2D eigenvalue weighted by atomic mass is 10.3. The van der Waals surface area contributed by atoms with E-state index in [1.54, 1.807) is 34.2 Å². The Bertz CT molecular complexity index is 834. The van der Waals surface area contributed by atoms with Gasteiger partial charge in [-0.1, -0.05) is 0 Å². The average molecular weight is 515 g/mol. The number of amides is 2. The van der Waals surface area contributed by atoms with Crippen molar-refractivity contribution in [2.24, 2.45) is 12.0 Å². The highest BCUT2D eigenvalue weighted by atomic mass is 127. The number of aryl methyl sites for hydroxylation is 1. The lowest BCUT2D eigenvalue weighted by molar-refractivity contribution is -0.120. The summed E-state index contributed by atoms with van der Waals surface area (Å²) in [7, 11) is 1.82. The molecule has 3 rings (SSSR count). The quantitative estimate of drug-likeness (QED) is 0.331. The molecule has 0 bridgehead atoms. The van der Waals surface area contributed by atoms with Gasteiger partial charge in [0.05, 0.1) is 24.7 Å². The van der Waals surface area contributed by atoms with Crippen LogP contribution in [0.25, 0.3) is 0 Å². The molecule has 1 aliphatic heterocycles. The molecule has 1 aliphatic rings. The van der Waals surface area contributed by atoms with Crippen LogP contribution in [0.3, 0.4) is 0 Å². The molecular weight excluding hydrogens is 489 g/mol. The standard InChI is InChI=1S/C18H25N7O3.HI/c1-3-19-18(21-11-16(26)20-10-15-5-4-8-28-15)24-6-7-25(17(27)13-24)14-9-22-23(2)12-14;/h4-5,8-9,12H,3,6-7,10-11,13H2,1-2H3,(H,19,21)(H,20,26);1H. The van der Waals surface area contributed by atoms with Crippen LogP contribution < -0.4 is 15.5 Å². The lowest BCUT2D eigenvalue weighted by Crippen LogP contribution is -2.55. The van der Waals surface area contributed by atoms with E-state index in [2.05, 4.69) is 20.7 Å². The Morgan fingerprint density at radius 1 is 1.34 bits per heavy atom. The van der Waals surface area contributed by atoms with Gasteiger partial charge in [-0.15, -0.1) is 24.0 Å². The van der Waals surface area contributed by atoms with Gasteiger partial charge >= 0.3 is 0 Å². The topological polar surface area (TPSA) is 108 Å². The van der Waals surface area contributed by atoms with Crippen molar-refractivity contribution in [1.29, 1.82) is 0 Å². The fourth-order valence-corrected chi connectivity index (χ4v) is 2.90. The van der Waals surface area contributed by atoms with E-state index in [4.69, 9.17) is 4.42 Å². The third kappa shape index (κ3) is 6.21. The SMILES string of the molecule is CCNC(=NCC(=O)NCc1ccco1)N1CCN(c2cnn(C)c2)C(=O)C1.I. The molecule has 3 heterocycles. The molecule has 1 fully saturated rings. The summed E-state index contributed by atoms with van der Waals surface area (Å²) in [5.41, 5.74) is 0.784. The Labute approximate surface area is 186 Å². The molecule has 158 valence electrons. The minimum atomic E-state index is -0.216. The zero-order valence-electron chi connectivity index (χ0n) is 16.5. The largest absolute Gasteiger partial charge is 0.467 e. The molecule has 1 saturated heterocycles. The van der Waals surface area contributed by atoms with Gasteiger partial charge in [-0.3, -0.25) is 14.3 Å². The van der Waals surface area contributed by atoms with Crippen molar-refractivity contribution >= 4 is 47.4 Å². The number of aliphatic imine (C=N–C) groups is 1. The smallest absolute Gasteiger partial charge is 0.246 e. The summed E-state index contributed by atoms with van der Waals surface area (Å²) < 4.78 is 6.85. The zero-order chi connectivity index (χ0) is 19.9. The van der Waals surface area contributed by atoms with Crippen molar-refractivity contribution in [2.75, 3.05) is 37.6 Å². The first-order chi connectivity index (χ1) is 13.6. The van der Waals surface area contributed by atoms with Crippen molar-refractivity contribution in [3.63, 3.8) is 0 Å². The number of guanidine groups is 1. The number of anilines is 1. The van der Waals surface area contributed by atoms with Crippen LogP contribution in [0.15, 0.2) is 40.2 Å². The summed E-state index contributed by atoms with van der Waals surface area (Å²) in [6.45, 7) is 4.21. The second-order valence-electron chi connectivity index (χ2n) is 6.37. The number of rotatable bonds is 6. The number of nitrogens with one attached hydrogen (secondary N) is 2. The number of piperazine rings is 1. The number of furan rings is 1. The van der Waals surface area contributed by atoms with Gasteiger partial charge in [0.1, 0.15) is 18.8 Å². The Hall–Kier alpha value is -2.57. The maximum atomic E-state index is 12.6. The van der Waals surface area contributed by atoms with Crippen LogP contribution in [-0.4, -0.2) is 65.2 Å². The van der Waals surface area contributed by atoms with Gasteiger partial charge in [-0.05, 0) is 19.1 Å². The van der Waals surface area contributed by atoms with E-state index in [9.17, 15) is 9.59 Å². The Morgan fingerprint density at radius 2 is 2.17 bits per heavy atom. The number of halogens is 1. The second kappa shape index (κ2) is 10.8. The molecule has 29 heavy (non-hydrogen) atoms.